The monoisotopic (exact) mass is 368 g/mol. The highest BCUT2D eigenvalue weighted by molar-refractivity contribution is 9.10. The molecular formula is C15H10BrClO4. The molecule has 21 heavy (non-hydrogen) atoms. The fourth-order valence-electron chi connectivity index (χ4n) is 1.65. The summed E-state index contributed by atoms with van der Waals surface area (Å²) in [6, 6.07) is 10.9. The van der Waals surface area contributed by atoms with Crippen molar-refractivity contribution in [1.82, 2.24) is 0 Å². The second kappa shape index (κ2) is 6.74. The van der Waals surface area contributed by atoms with Crippen LogP contribution in [0.4, 0.5) is 0 Å². The lowest BCUT2D eigenvalue weighted by atomic mass is 10.1. The molecule has 0 spiro atoms. The minimum atomic E-state index is -0.783. The first-order chi connectivity index (χ1) is 9.99. The topological polar surface area (TPSA) is 63.6 Å². The molecule has 0 aliphatic rings. The minimum absolute atomic E-state index is 0.0173. The maximum atomic E-state index is 11.9. The van der Waals surface area contributed by atoms with E-state index in [2.05, 4.69) is 15.9 Å². The summed E-state index contributed by atoms with van der Waals surface area (Å²) < 4.78 is 5.52. The fourth-order valence-corrected chi connectivity index (χ4v) is 2.25. The fraction of sp³-hybridized carbons (Fsp3) is 0.0667. The molecular weight excluding hydrogens is 360 g/mol. The molecule has 0 unspecified atom stereocenters. The number of hydrogen-bond acceptors (Lipinski definition) is 4. The van der Waals surface area contributed by atoms with Crippen molar-refractivity contribution in [3.8, 4) is 5.75 Å². The molecule has 0 aliphatic heterocycles. The smallest absolute Gasteiger partial charge is 0.342 e. The van der Waals surface area contributed by atoms with Gasteiger partial charge in [-0.2, -0.15) is 0 Å². The van der Waals surface area contributed by atoms with Gasteiger partial charge in [-0.1, -0.05) is 39.7 Å². The summed E-state index contributed by atoms with van der Waals surface area (Å²) in [7, 11) is 0. The first-order valence-corrected chi connectivity index (χ1v) is 7.09. The van der Waals surface area contributed by atoms with Crippen LogP contribution in [0, 0.1) is 0 Å². The third-order valence-electron chi connectivity index (χ3n) is 2.69. The number of aromatic hydroxyl groups is 1. The number of carbonyl (C=O) groups excluding carboxylic acids is 2. The van der Waals surface area contributed by atoms with Crippen molar-refractivity contribution < 1.29 is 19.4 Å². The second-order valence-electron chi connectivity index (χ2n) is 4.14. The number of ketones is 1. The Kier molecular flexibility index (Phi) is 4.98. The average molecular weight is 370 g/mol. The lowest BCUT2D eigenvalue weighted by molar-refractivity contribution is 0.0471. The van der Waals surface area contributed by atoms with Crippen molar-refractivity contribution in [3.63, 3.8) is 0 Å². The maximum absolute atomic E-state index is 11.9. The van der Waals surface area contributed by atoms with Crippen LogP contribution in [0.1, 0.15) is 20.7 Å². The molecule has 0 fully saturated rings. The Morgan fingerprint density at radius 2 is 1.86 bits per heavy atom. The number of carbonyl (C=O) groups is 2. The normalized spacial score (nSPS) is 10.2. The van der Waals surface area contributed by atoms with Crippen molar-refractivity contribution in [1.29, 1.82) is 0 Å². The standard InChI is InChI=1S/C15H10BrClO4/c16-9-5-6-13(18)11(7-9)15(20)21-8-14(19)10-3-1-2-4-12(10)17/h1-7,18H,8H2. The van der Waals surface area contributed by atoms with E-state index in [4.69, 9.17) is 16.3 Å². The predicted octanol–water partition coefficient (Wildman–Crippen LogP) is 3.85. The second-order valence-corrected chi connectivity index (χ2v) is 5.46. The number of ether oxygens (including phenoxy) is 1. The number of benzene rings is 2. The number of rotatable bonds is 4. The highest BCUT2D eigenvalue weighted by atomic mass is 79.9. The van der Waals surface area contributed by atoms with Crippen LogP contribution in [0.2, 0.25) is 5.02 Å². The largest absolute Gasteiger partial charge is 0.507 e. The van der Waals surface area contributed by atoms with Crippen LogP contribution >= 0.6 is 27.5 Å². The molecule has 4 nitrogen and oxygen atoms in total. The summed E-state index contributed by atoms with van der Waals surface area (Å²) in [6.45, 7) is -0.450. The van der Waals surface area contributed by atoms with E-state index in [1.807, 2.05) is 0 Å². The van der Waals surface area contributed by atoms with Gasteiger partial charge in [0.05, 0.1) is 5.02 Å². The van der Waals surface area contributed by atoms with Gasteiger partial charge in [-0.25, -0.2) is 4.79 Å². The number of phenolic OH excluding ortho intramolecular Hbond substituents is 1. The Hall–Kier alpha value is -1.85. The maximum Gasteiger partial charge on any atom is 0.342 e. The Bertz CT molecular complexity index is 700. The Morgan fingerprint density at radius 1 is 1.14 bits per heavy atom. The van der Waals surface area contributed by atoms with Crippen LogP contribution < -0.4 is 0 Å². The van der Waals surface area contributed by atoms with E-state index in [1.54, 1.807) is 30.3 Å². The van der Waals surface area contributed by atoms with E-state index in [1.165, 1.54) is 12.1 Å². The quantitative estimate of drug-likeness (QED) is 0.657. The molecule has 2 rings (SSSR count). The average Bonchev–Trinajstić information content (AvgIpc) is 2.47. The first-order valence-electron chi connectivity index (χ1n) is 5.92. The van der Waals surface area contributed by atoms with Crippen LogP contribution in [0.15, 0.2) is 46.9 Å². The SMILES string of the molecule is O=C(OCC(=O)c1ccccc1Cl)c1cc(Br)ccc1O. The van der Waals surface area contributed by atoms with E-state index in [0.717, 1.165) is 0 Å². The van der Waals surface area contributed by atoms with Crippen molar-refractivity contribution in [2.24, 2.45) is 0 Å². The third kappa shape index (κ3) is 3.83. The number of Topliss-reactive ketones (excluding diaryl/α,β-unsaturated/α-hetero) is 1. The Morgan fingerprint density at radius 3 is 2.57 bits per heavy atom. The summed E-state index contributed by atoms with van der Waals surface area (Å²) >= 11 is 9.08. The lowest BCUT2D eigenvalue weighted by Crippen LogP contribution is -2.14. The summed E-state index contributed by atoms with van der Waals surface area (Å²) in [5.41, 5.74) is 0.266. The van der Waals surface area contributed by atoms with Gasteiger partial charge in [0.15, 0.2) is 6.61 Å². The van der Waals surface area contributed by atoms with Crippen molar-refractivity contribution >= 4 is 39.3 Å². The summed E-state index contributed by atoms with van der Waals surface area (Å²) in [4.78, 5) is 23.8. The van der Waals surface area contributed by atoms with Crippen LogP contribution in [-0.4, -0.2) is 23.5 Å². The molecule has 0 heterocycles. The zero-order valence-corrected chi connectivity index (χ0v) is 13.0. The number of hydrogen-bond donors (Lipinski definition) is 1. The summed E-state index contributed by atoms with van der Waals surface area (Å²) in [5, 5.41) is 9.90. The highest BCUT2D eigenvalue weighted by Crippen LogP contribution is 2.23. The van der Waals surface area contributed by atoms with E-state index in [0.29, 0.717) is 9.50 Å². The van der Waals surface area contributed by atoms with Gasteiger partial charge in [0.25, 0.3) is 0 Å². The van der Waals surface area contributed by atoms with Gasteiger partial charge in [-0.05, 0) is 30.3 Å². The highest BCUT2D eigenvalue weighted by Gasteiger charge is 2.16. The van der Waals surface area contributed by atoms with Crippen molar-refractivity contribution in [3.05, 3.63) is 63.1 Å². The van der Waals surface area contributed by atoms with Crippen LogP contribution in [0.5, 0.6) is 5.75 Å². The van der Waals surface area contributed by atoms with E-state index < -0.39 is 18.4 Å². The molecule has 1 N–H and O–H groups in total. The van der Waals surface area contributed by atoms with Gasteiger partial charge >= 0.3 is 5.97 Å². The van der Waals surface area contributed by atoms with Gasteiger partial charge in [0.2, 0.25) is 5.78 Å². The molecule has 0 radical (unpaired) electrons. The van der Waals surface area contributed by atoms with Crippen molar-refractivity contribution in [2.45, 2.75) is 0 Å². The zero-order chi connectivity index (χ0) is 15.4. The molecule has 2 aromatic rings. The van der Waals surface area contributed by atoms with Crippen LogP contribution in [-0.2, 0) is 4.74 Å². The van der Waals surface area contributed by atoms with Crippen LogP contribution in [0.25, 0.3) is 0 Å². The molecule has 0 bridgehead atoms. The van der Waals surface area contributed by atoms with E-state index in [9.17, 15) is 14.7 Å². The predicted molar refractivity (Wildman–Crippen MR) is 81.9 cm³/mol. The van der Waals surface area contributed by atoms with Crippen molar-refractivity contribution in [2.75, 3.05) is 6.61 Å². The van der Waals surface area contributed by atoms with Gasteiger partial charge in [-0.3, -0.25) is 4.79 Å². The molecule has 2 aromatic carbocycles. The number of halogens is 2. The van der Waals surface area contributed by atoms with Gasteiger partial charge in [0.1, 0.15) is 11.3 Å². The van der Waals surface area contributed by atoms with Gasteiger partial charge in [0, 0.05) is 10.0 Å². The number of esters is 1. The third-order valence-corrected chi connectivity index (χ3v) is 3.51. The molecule has 0 aliphatic carbocycles. The Balaban J connectivity index is 2.06. The number of phenols is 1. The van der Waals surface area contributed by atoms with E-state index in [-0.39, 0.29) is 16.9 Å². The van der Waals surface area contributed by atoms with Crippen LogP contribution in [0.3, 0.4) is 0 Å². The Labute approximate surface area is 134 Å². The molecule has 0 saturated carbocycles. The molecule has 0 saturated heterocycles. The molecule has 108 valence electrons. The molecule has 0 amide bonds. The summed E-state index contributed by atoms with van der Waals surface area (Å²) in [6.07, 6.45) is 0. The van der Waals surface area contributed by atoms with E-state index >= 15 is 0 Å². The molecule has 0 atom stereocenters. The minimum Gasteiger partial charge on any atom is -0.507 e. The van der Waals surface area contributed by atoms with Gasteiger partial charge in [-0.15, -0.1) is 0 Å². The first kappa shape index (κ1) is 15.5. The molecule has 6 heteroatoms. The lowest BCUT2D eigenvalue weighted by Gasteiger charge is -2.07. The molecule has 0 aromatic heterocycles. The van der Waals surface area contributed by atoms with Gasteiger partial charge < -0.3 is 9.84 Å². The summed E-state index contributed by atoms with van der Waals surface area (Å²) in [5.74, 6) is -1.41. The zero-order valence-electron chi connectivity index (χ0n) is 10.7.